The van der Waals surface area contributed by atoms with Crippen LogP contribution in [0.5, 0.6) is 0 Å². The summed E-state index contributed by atoms with van der Waals surface area (Å²) in [4.78, 5) is 0. The molecule has 1 saturated heterocycles. The molecule has 1 N–H and O–H groups in total. The molecule has 1 fully saturated rings. The molecular formula is C16H27N3O. The normalized spacial score (nSPS) is 20.2. The fraction of sp³-hybridized carbons (Fsp3) is 0.750. The Kier molecular flexibility index (Phi) is 5.92. The Bertz CT molecular complexity index is 416. The number of nitrogens with one attached hydrogen (secondary N) is 1. The molecule has 4 heteroatoms. The van der Waals surface area contributed by atoms with Crippen molar-refractivity contribution in [3.63, 3.8) is 0 Å². The van der Waals surface area contributed by atoms with Crippen molar-refractivity contribution in [3.8, 4) is 0 Å². The molecule has 112 valence electrons. The van der Waals surface area contributed by atoms with Gasteiger partial charge in [-0.2, -0.15) is 10.2 Å². The molecule has 0 aliphatic carbocycles. The van der Waals surface area contributed by atoms with Gasteiger partial charge in [-0.15, -0.1) is 0 Å². The third-order valence-corrected chi connectivity index (χ3v) is 4.13. The second-order valence-electron chi connectivity index (χ2n) is 5.65. The third kappa shape index (κ3) is 4.00. The van der Waals surface area contributed by atoms with Gasteiger partial charge in [0.25, 0.3) is 0 Å². The zero-order valence-electron chi connectivity index (χ0n) is 13.0. The Morgan fingerprint density at radius 1 is 1.45 bits per heavy atom. The molecule has 0 spiro atoms. The van der Waals surface area contributed by atoms with Gasteiger partial charge in [0.2, 0.25) is 0 Å². The van der Waals surface area contributed by atoms with E-state index in [-0.39, 0.29) is 0 Å². The highest BCUT2D eigenvalue weighted by Gasteiger charge is 2.18. The van der Waals surface area contributed by atoms with Gasteiger partial charge in [0.15, 0.2) is 0 Å². The second-order valence-corrected chi connectivity index (χ2v) is 5.65. The lowest BCUT2D eigenvalue weighted by Gasteiger charge is -2.20. The van der Waals surface area contributed by atoms with Crippen molar-refractivity contribution in [2.24, 2.45) is 0 Å². The van der Waals surface area contributed by atoms with Crippen molar-refractivity contribution in [1.82, 2.24) is 15.5 Å². The van der Waals surface area contributed by atoms with Crippen molar-refractivity contribution >= 4 is 0 Å². The predicted octanol–water partition coefficient (Wildman–Crippen LogP) is 2.96. The Morgan fingerprint density at radius 3 is 2.95 bits per heavy atom. The molecule has 2 unspecified atom stereocenters. The van der Waals surface area contributed by atoms with Gasteiger partial charge in [-0.3, -0.25) is 0 Å². The smallest absolute Gasteiger partial charge is 0.0676 e. The lowest BCUT2D eigenvalue weighted by molar-refractivity contribution is 0.101. The maximum atomic E-state index is 5.70. The van der Waals surface area contributed by atoms with E-state index in [1.807, 2.05) is 14.0 Å². The van der Waals surface area contributed by atoms with Gasteiger partial charge < -0.3 is 10.1 Å². The summed E-state index contributed by atoms with van der Waals surface area (Å²) in [5, 5.41) is 11.9. The monoisotopic (exact) mass is 277 g/mol. The molecule has 2 heterocycles. The molecule has 4 nitrogen and oxygen atoms in total. The standard InChI is InChI=1S/C16H27N3O/c1-4-15-14(11-12(2)18-19-15)16(17-3)9-5-7-13-8-6-10-20-13/h11,13,16-17H,4-10H2,1-3H3. The van der Waals surface area contributed by atoms with E-state index < -0.39 is 0 Å². The van der Waals surface area contributed by atoms with Crippen LogP contribution in [0.1, 0.15) is 62.0 Å². The van der Waals surface area contributed by atoms with Gasteiger partial charge in [0.05, 0.1) is 17.5 Å². The van der Waals surface area contributed by atoms with Crippen molar-refractivity contribution in [2.75, 3.05) is 13.7 Å². The van der Waals surface area contributed by atoms with Crippen LogP contribution >= 0.6 is 0 Å². The number of aromatic nitrogens is 2. The first-order valence-corrected chi connectivity index (χ1v) is 7.86. The summed E-state index contributed by atoms with van der Waals surface area (Å²) in [6.45, 7) is 5.10. The molecule has 0 aromatic carbocycles. The third-order valence-electron chi connectivity index (χ3n) is 4.13. The van der Waals surface area contributed by atoms with Crippen molar-refractivity contribution in [1.29, 1.82) is 0 Å². The molecule has 0 amide bonds. The number of hydrogen-bond donors (Lipinski definition) is 1. The van der Waals surface area contributed by atoms with Gasteiger partial charge >= 0.3 is 0 Å². The molecule has 2 rings (SSSR count). The minimum absolute atomic E-state index is 0.376. The Hall–Kier alpha value is -1.00. The summed E-state index contributed by atoms with van der Waals surface area (Å²) in [7, 11) is 2.03. The number of hydrogen-bond acceptors (Lipinski definition) is 4. The molecule has 2 atom stereocenters. The molecule has 1 aliphatic rings. The first kappa shape index (κ1) is 15.4. The SMILES string of the molecule is CCc1nnc(C)cc1C(CCCC1CCCO1)NC. The lowest BCUT2D eigenvalue weighted by Crippen LogP contribution is -2.20. The fourth-order valence-electron chi connectivity index (χ4n) is 2.99. The molecule has 0 radical (unpaired) electrons. The molecule has 20 heavy (non-hydrogen) atoms. The number of nitrogens with zero attached hydrogens (tertiary/aromatic N) is 2. The topological polar surface area (TPSA) is 47.0 Å². The summed E-state index contributed by atoms with van der Waals surface area (Å²) in [6.07, 6.45) is 7.41. The molecule has 1 aromatic heterocycles. The summed E-state index contributed by atoms with van der Waals surface area (Å²) in [5.41, 5.74) is 3.43. The first-order valence-electron chi connectivity index (χ1n) is 7.86. The Morgan fingerprint density at radius 2 is 2.30 bits per heavy atom. The van der Waals surface area contributed by atoms with Crippen LogP contribution in [0.15, 0.2) is 6.07 Å². The summed E-state index contributed by atoms with van der Waals surface area (Å²) >= 11 is 0. The largest absolute Gasteiger partial charge is 0.378 e. The minimum Gasteiger partial charge on any atom is -0.378 e. The fourth-order valence-corrected chi connectivity index (χ4v) is 2.99. The lowest BCUT2D eigenvalue weighted by atomic mass is 9.97. The van der Waals surface area contributed by atoms with Crippen LogP contribution in [0.25, 0.3) is 0 Å². The highest BCUT2D eigenvalue weighted by atomic mass is 16.5. The zero-order valence-corrected chi connectivity index (χ0v) is 13.0. The van der Waals surface area contributed by atoms with Gasteiger partial charge in [0.1, 0.15) is 0 Å². The highest BCUT2D eigenvalue weighted by molar-refractivity contribution is 5.24. The first-order chi connectivity index (χ1) is 9.74. The number of rotatable bonds is 7. The average molecular weight is 277 g/mol. The second kappa shape index (κ2) is 7.70. The average Bonchev–Trinajstić information content (AvgIpc) is 2.97. The molecule has 1 aliphatic heterocycles. The summed E-state index contributed by atoms with van der Waals surface area (Å²) in [6, 6.07) is 2.56. The van der Waals surface area contributed by atoms with Crippen LogP contribution < -0.4 is 5.32 Å². The Balaban J connectivity index is 1.94. The van der Waals surface area contributed by atoms with Gasteiger partial charge in [0, 0.05) is 12.6 Å². The van der Waals surface area contributed by atoms with E-state index in [0.29, 0.717) is 12.1 Å². The Labute approximate surface area is 122 Å². The van der Waals surface area contributed by atoms with Crippen LogP contribution in [0, 0.1) is 6.92 Å². The number of ether oxygens (including phenoxy) is 1. The highest BCUT2D eigenvalue weighted by Crippen LogP contribution is 2.25. The minimum atomic E-state index is 0.376. The van der Waals surface area contributed by atoms with Gasteiger partial charge in [-0.25, -0.2) is 0 Å². The molecular weight excluding hydrogens is 250 g/mol. The van der Waals surface area contributed by atoms with Crippen molar-refractivity contribution in [2.45, 2.75) is 64.5 Å². The van der Waals surface area contributed by atoms with Gasteiger partial charge in [-0.05, 0) is 64.1 Å². The van der Waals surface area contributed by atoms with Crippen LogP contribution in [-0.2, 0) is 11.2 Å². The van der Waals surface area contributed by atoms with Crippen LogP contribution in [-0.4, -0.2) is 30.0 Å². The van der Waals surface area contributed by atoms with E-state index in [1.165, 1.54) is 31.2 Å². The van der Waals surface area contributed by atoms with E-state index in [0.717, 1.165) is 30.8 Å². The van der Waals surface area contributed by atoms with E-state index in [1.54, 1.807) is 0 Å². The summed E-state index contributed by atoms with van der Waals surface area (Å²) < 4.78 is 5.70. The summed E-state index contributed by atoms with van der Waals surface area (Å²) in [5.74, 6) is 0. The molecule has 1 aromatic rings. The van der Waals surface area contributed by atoms with E-state index in [2.05, 4.69) is 28.5 Å². The van der Waals surface area contributed by atoms with Crippen molar-refractivity contribution < 1.29 is 4.74 Å². The maximum absolute atomic E-state index is 5.70. The van der Waals surface area contributed by atoms with Crippen molar-refractivity contribution in [3.05, 3.63) is 23.0 Å². The van der Waals surface area contributed by atoms with Crippen LogP contribution in [0.4, 0.5) is 0 Å². The molecule has 0 saturated carbocycles. The predicted molar refractivity (Wildman–Crippen MR) is 80.8 cm³/mol. The molecule has 0 bridgehead atoms. The van der Waals surface area contributed by atoms with E-state index in [4.69, 9.17) is 4.74 Å². The zero-order chi connectivity index (χ0) is 14.4. The van der Waals surface area contributed by atoms with Crippen LogP contribution in [0.2, 0.25) is 0 Å². The quantitative estimate of drug-likeness (QED) is 0.832. The van der Waals surface area contributed by atoms with E-state index in [9.17, 15) is 0 Å². The van der Waals surface area contributed by atoms with Gasteiger partial charge in [-0.1, -0.05) is 6.92 Å². The van der Waals surface area contributed by atoms with Crippen LogP contribution in [0.3, 0.4) is 0 Å². The number of aryl methyl sites for hydroxylation is 2. The van der Waals surface area contributed by atoms with E-state index >= 15 is 0 Å². The maximum Gasteiger partial charge on any atom is 0.0676 e.